The maximum Gasteiger partial charge on any atom is 0.261 e. The van der Waals surface area contributed by atoms with E-state index in [1.165, 1.54) is 4.90 Å². The molecule has 0 saturated heterocycles. The van der Waals surface area contributed by atoms with E-state index in [-0.39, 0.29) is 18.4 Å². The molecule has 5 rings (SSSR count). The summed E-state index contributed by atoms with van der Waals surface area (Å²) in [6, 6.07) is 26.2. The molecule has 1 aliphatic heterocycles. The largest absolute Gasteiger partial charge is 0.322 e. The average molecular weight is 494 g/mol. The molecule has 6 nitrogen and oxygen atoms in total. The summed E-state index contributed by atoms with van der Waals surface area (Å²) in [4.78, 5) is 44.8. The molecule has 0 aliphatic carbocycles. The van der Waals surface area contributed by atoms with E-state index in [9.17, 15) is 14.4 Å². The molecule has 0 atom stereocenters. The third-order valence-electron chi connectivity index (χ3n) is 5.78. The van der Waals surface area contributed by atoms with Crippen LogP contribution in [-0.2, 0) is 11.3 Å². The van der Waals surface area contributed by atoms with Gasteiger partial charge in [0.1, 0.15) is 0 Å². The fourth-order valence-electron chi connectivity index (χ4n) is 4.02. The van der Waals surface area contributed by atoms with Crippen LogP contribution in [0.4, 0.5) is 5.69 Å². The van der Waals surface area contributed by atoms with Crippen LogP contribution in [0.25, 0.3) is 11.6 Å². The molecule has 1 aromatic heterocycles. The molecule has 176 valence electrons. The van der Waals surface area contributed by atoms with E-state index in [2.05, 4.69) is 10.3 Å². The van der Waals surface area contributed by atoms with Gasteiger partial charge in [-0.25, -0.2) is 0 Å². The lowest BCUT2D eigenvalue weighted by atomic mass is 9.92. The van der Waals surface area contributed by atoms with Crippen molar-refractivity contribution in [3.63, 3.8) is 0 Å². The number of halogens is 1. The highest BCUT2D eigenvalue weighted by molar-refractivity contribution is 6.33. The zero-order valence-corrected chi connectivity index (χ0v) is 19.8. The molecule has 0 fully saturated rings. The molecule has 2 heterocycles. The molecule has 3 amide bonds. The second kappa shape index (κ2) is 9.98. The number of amides is 3. The second-order valence-electron chi connectivity index (χ2n) is 8.21. The first kappa shape index (κ1) is 23.2. The number of pyridine rings is 1. The van der Waals surface area contributed by atoms with Crippen LogP contribution >= 0.6 is 11.6 Å². The SMILES string of the molecule is O=C(Nc1cccc(/C=C2/C(=O)N(Cc3ccccn3)C(=O)c3ccccc32)c1)c1ccc(Cl)cc1. The number of carbonyl (C=O) groups is 3. The number of nitrogens with one attached hydrogen (secondary N) is 1. The molecular formula is C29H20ClN3O3. The van der Waals surface area contributed by atoms with E-state index in [1.54, 1.807) is 91.1 Å². The van der Waals surface area contributed by atoms with Gasteiger partial charge >= 0.3 is 0 Å². The van der Waals surface area contributed by atoms with Crippen molar-refractivity contribution in [2.75, 3.05) is 5.32 Å². The van der Waals surface area contributed by atoms with Crippen molar-refractivity contribution in [1.82, 2.24) is 9.88 Å². The van der Waals surface area contributed by atoms with Crippen molar-refractivity contribution in [2.45, 2.75) is 6.54 Å². The lowest BCUT2D eigenvalue weighted by Crippen LogP contribution is -2.41. The van der Waals surface area contributed by atoms with Gasteiger partial charge in [0.25, 0.3) is 17.7 Å². The highest BCUT2D eigenvalue weighted by atomic mass is 35.5. The Kier molecular flexibility index (Phi) is 6.43. The molecule has 0 saturated carbocycles. The Labute approximate surface area is 212 Å². The molecule has 1 aliphatic rings. The first-order valence-electron chi connectivity index (χ1n) is 11.2. The van der Waals surface area contributed by atoms with E-state index in [0.29, 0.717) is 44.2 Å². The molecule has 7 heteroatoms. The maximum atomic E-state index is 13.5. The summed E-state index contributed by atoms with van der Waals surface area (Å²) in [6.07, 6.45) is 3.36. The van der Waals surface area contributed by atoms with Crippen LogP contribution in [0.2, 0.25) is 5.02 Å². The highest BCUT2D eigenvalue weighted by Crippen LogP contribution is 2.31. The van der Waals surface area contributed by atoms with Gasteiger partial charge in [-0.15, -0.1) is 0 Å². The number of nitrogens with zero attached hydrogens (tertiary/aromatic N) is 2. The number of benzene rings is 3. The van der Waals surface area contributed by atoms with E-state index >= 15 is 0 Å². The predicted molar refractivity (Wildman–Crippen MR) is 139 cm³/mol. The van der Waals surface area contributed by atoms with Gasteiger partial charge in [-0.2, -0.15) is 0 Å². The van der Waals surface area contributed by atoms with Gasteiger partial charge in [0.05, 0.1) is 12.2 Å². The zero-order chi connectivity index (χ0) is 25.1. The molecule has 0 spiro atoms. The molecule has 0 radical (unpaired) electrons. The Bertz CT molecular complexity index is 1500. The van der Waals surface area contributed by atoms with Gasteiger partial charge in [0.15, 0.2) is 0 Å². The maximum absolute atomic E-state index is 13.5. The summed E-state index contributed by atoms with van der Waals surface area (Å²) >= 11 is 5.91. The van der Waals surface area contributed by atoms with Gasteiger partial charge in [-0.05, 0) is 71.8 Å². The highest BCUT2D eigenvalue weighted by Gasteiger charge is 2.34. The van der Waals surface area contributed by atoms with Gasteiger partial charge in [0, 0.05) is 33.6 Å². The monoisotopic (exact) mass is 493 g/mol. The number of carbonyl (C=O) groups excluding carboxylic acids is 3. The zero-order valence-electron chi connectivity index (χ0n) is 19.0. The van der Waals surface area contributed by atoms with Gasteiger partial charge in [-0.1, -0.05) is 48.0 Å². The number of hydrogen-bond donors (Lipinski definition) is 1. The lowest BCUT2D eigenvalue weighted by molar-refractivity contribution is -0.123. The average Bonchev–Trinajstić information content (AvgIpc) is 2.90. The van der Waals surface area contributed by atoms with E-state index in [0.717, 1.165) is 0 Å². The van der Waals surface area contributed by atoms with Crippen molar-refractivity contribution in [1.29, 1.82) is 0 Å². The van der Waals surface area contributed by atoms with Crippen LogP contribution in [0.3, 0.4) is 0 Å². The van der Waals surface area contributed by atoms with E-state index in [1.807, 2.05) is 12.1 Å². The number of anilines is 1. The summed E-state index contributed by atoms with van der Waals surface area (Å²) in [5.41, 5.74) is 3.78. The van der Waals surface area contributed by atoms with E-state index < -0.39 is 5.91 Å². The molecule has 0 unspecified atom stereocenters. The topological polar surface area (TPSA) is 79.4 Å². The van der Waals surface area contributed by atoms with Gasteiger partial charge in [0.2, 0.25) is 0 Å². The Morgan fingerprint density at radius 1 is 0.861 bits per heavy atom. The first-order chi connectivity index (χ1) is 17.5. The Balaban J connectivity index is 1.47. The van der Waals surface area contributed by atoms with Gasteiger partial charge < -0.3 is 5.32 Å². The normalized spacial score (nSPS) is 14.0. The third-order valence-corrected chi connectivity index (χ3v) is 6.03. The minimum absolute atomic E-state index is 0.0708. The summed E-state index contributed by atoms with van der Waals surface area (Å²) in [5, 5.41) is 3.41. The number of rotatable bonds is 5. The number of fused-ring (bicyclic) bond motifs is 1. The van der Waals surface area contributed by atoms with Crippen molar-refractivity contribution < 1.29 is 14.4 Å². The Morgan fingerprint density at radius 3 is 2.36 bits per heavy atom. The van der Waals surface area contributed by atoms with Crippen LogP contribution in [0.5, 0.6) is 0 Å². The minimum Gasteiger partial charge on any atom is -0.322 e. The third kappa shape index (κ3) is 4.80. The predicted octanol–water partition coefficient (Wildman–Crippen LogP) is 5.71. The molecule has 1 N–H and O–H groups in total. The van der Waals surface area contributed by atoms with Crippen LogP contribution in [-0.4, -0.2) is 27.6 Å². The molecule has 36 heavy (non-hydrogen) atoms. The van der Waals surface area contributed by atoms with Crippen molar-refractivity contribution >= 4 is 46.7 Å². The second-order valence-corrected chi connectivity index (χ2v) is 8.64. The molecular weight excluding hydrogens is 474 g/mol. The van der Waals surface area contributed by atoms with E-state index in [4.69, 9.17) is 11.6 Å². The summed E-state index contributed by atoms with van der Waals surface area (Å²) in [5.74, 6) is -1.04. The standard InChI is InChI=1S/C29H20ClN3O3/c30-21-13-11-20(12-14-21)27(34)32-22-8-5-6-19(16-22)17-26-24-9-1-2-10-25(24)28(35)33(29(26)36)18-23-7-3-4-15-31-23/h1-17H,18H2,(H,32,34)/b26-17+. The number of hydrogen-bond acceptors (Lipinski definition) is 4. The fraction of sp³-hybridized carbons (Fsp3) is 0.0345. The Hall–Kier alpha value is -4.55. The minimum atomic E-state index is -0.403. The van der Waals surface area contributed by atoms with Crippen LogP contribution in [0.15, 0.2) is 97.2 Å². The fourth-order valence-corrected chi connectivity index (χ4v) is 4.14. The van der Waals surface area contributed by atoms with Crippen molar-refractivity contribution in [3.05, 3.63) is 130 Å². The number of aromatic nitrogens is 1. The lowest BCUT2D eigenvalue weighted by Gasteiger charge is -2.28. The summed E-state index contributed by atoms with van der Waals surface area (Å²) in [6.45, 7) is 0.0708. The van der Waals surface area contributed by atoms with Crippen molar-refractivity contribution in [2.24, 2.45) is 0 Å². The summed E-state index contributed by atoms with van der Waals surface area (Å²) < 4.78 is 0. The van der Waals surface area contributed by atoms with Crippen molar-refractivity contribution in [3.8, 4) is 0 Å². The number of imide groups is 1. The van der Waals surface area contributed by atoms with Crippen LogP contribution in [0.1, 0.15) is 37.5 Å². The summed E-state index contributed by atoms with van der Waals surface area (Å²) in [7, 11) is 0. The van der Waals surface area contributed by atoms with Crippen LogP contribution < -0.4 is 5.32 Å². The first-order valence-corrected chi connectivity index (χ1v) is 11.6. The van der Waals surface area contributed by atoms with Gasteiger partial charge in [-0.3, -0.25) is 24.3 Å². The quantitative estimate of drug-likeness (QED) is 0.285. The molecule has 0 bridgehead atoms. The molecule has 3 aromatic carbocycles. The Morgan fingerprint density at radius 2 is 1.61 bits per heavy atom. The molecule has 4 aromatic rings. The van der Waals surface area contributed by atoms with Crippen LogP contribution in [0, 0.1) is 0 Å². The smallest absolute Gasteiger partial charge is 0.261 e.